The Balaban J connectivity index is 1.46. The maximum absolute atomic E-state index is 12.2. The van der Waals surface area contributed by atoms with Gasteiger partial charge in [-0.15, -0.1) is 11.3 Å². The summed E-state index contributed by atoms with van der Waals surface area (Å²) in [6.07, 6.45) is 0.672. The number of carbonyl (C=O) groups excluding carboxylic acids is 3. The Kier molecular flexibility index (Phi) is 7.34. The minimum Gasteiger partial charge on any atom is -0.454 e. The molecule has 1 heterocycles. The van der Waals surface area contributed by atoms with Crippen LogP contribution in [0.1, 0.15) is 25.7 Å². The largest absolute Gasteiger partial charge is 0.454 e. The van der Waals surface area contributed by atoms with Crippen LogP contribution in [0.2, 0.25) is 0 Å². The summed E-state index contributed by atoms with van der Waals surface area (Å²) >= 11 is 1.34. The number of hydrogen-bond donors (Lipinski definition) is 2. The highest BCUT2D eigenvalue weighted by Gasteiger charge is 2.13. The molecule has 0 saturated carbocycles. The normalized spacial score (nSPS) is 10.3. The van der Waals surface area contributed by atoms with Gasteiger partial charge in [-0.25, -0.2) is 0 Å². The molecule has 7 heteroatoms. The molecule has 6 nitrogen and oxygen atoms in total. The van der Waals surface area contributed by atoms with Gasteiger partial charge in [0, 0.05) is 10.6 Å². The van der Waals surface area contributed by atoms with Gasteiger partial charge in [-0.3, -0.25) is 14.4 Å². The van der Waals surface area contributed by atoms with E-state index in [1.165, 1.54) is 11.3 Å². The monoisotopic (exact) mass is 422 g/mol. The summed E-state index contributed by atoms with van der Waals surface area (Å²) in [5.74, 6) is -1.46. The quantitative estimate of drug-likeness (QED) is 0.544. The number of rotatable bonds is 8. The second kappa shape index (κ2) is 10.4. The number of aryl methyl sites for hydroxylation is 1. The molecule has 0 aliphatic heterocycles. The number of ether oxygens (including phenoxy) is 1. The van der Waals surface area contributed by atoms with Crippen molar-refractivity contribution in [2.45, 2.75) is 13.3 Å². The van der Waals surface area contributed by atoms with E-state index < -0.39 is 18.5 Å². The highest BCUT2D eigenvalue weighted by atomic mass is 32.1. The highest BCUT2D eigenvalue weighted by Crippen LogP contribution is 2.19. The maximum atomic E-state index is 12.2. The van der Waals surface area contributed by atoms with E-state index in [2.05, 4.69) is 10.6 Å². The van der Waals surface area contributed by atoms with Gasteiger partial charge in [0.25, 0.3) is 11.8 Å². The lowest BCUT2D eigenvalue weighted by atomic mass is 10.0. The van der Waals surface area contributed by atoms with E-state index in [-0.39, 0.29) is 12.5 Å². The van der Waals surface area contributed by atoms with Gasteiger partial charge >= 0.3 is 5.97 Å². The van der Waals surface area contributed by atoms with Crippen molar-refractivity contribution in [3.05, 3.63) is 87.6 Å². The minimum absolute atomic E-state index is 0.298. The van der Waals surface area contributed by atoms with E-state index in [0.717, 1.165) is 16.0 Å². The van der Waals surface area contributed by atoms with Crippen LogP contribution in [0, 0.1) is 6.92 Å². The van der Waals surface area contributed by atoms with Crippen molar-refractivity contribution in [2.24, 2.45) is 0 Å². The van der Waals surface area contributed by atoms with Crippen LogP contribution in [0.3, 0.4) is 0 Å². The zero-order chi connectivity index (χ0) is 21.3. The summed E-state index contributed by atoms with van der Waals surface area (Å²) < 4.78 is 4.96. The third-order valence-electron chi connectivity index (χ3n) is 4.25. The molecule has 0 saturated heterocycles. The van der Waals surface area contributed by atoms with E-state index in [4.69, 9.17) is 4.74 Å². The Bertz CT molecular complexity index is 1030. The minimum atomic E-state index is -0.677. The number of hydrogen-bond acceptors (Lipinski definition) is 5. The first-order chi connectivity index (χ1) is 14.5. The Morgan fingerprint density at radius 2 is 1.67 bits per heavy atom. The molecule has 3 aromatic rings. The van der Waals surface area contributed by atoms with Crippen molar-refractivity contribution >= 4 is 34.8 Å². The highest BCUT2D eigenvalue weighted by molar-refractivity contribution is 7.13. The van der Waals surface area contributed by atoms with Crippen molar-refractivity contribution in [1.82, 2.24) is 5.32 Å². The SMILES string of the molecule is Cc1ccc(C(=O)NCC(=O)OCC(=O)Nc2ccccc2Cc2ccccc2)s1. The van der Waals surface area contributed by atoms with Gasteiger partial charge in [-0.1, -0.05) is 48.5 Å². The summed E-state index contributed by atoms with van der Waals surface area (Å²) in [5, 5.41) is 5.26. The fourth-order valence-corrected chi connectivity index (χ4v) is 3.58. The Hall–Kier alpha value is -3.45. The third kappa shape index (κ3) is 6.28. The molecule has 0 bridgehead atoms. The van der Waals surface area contributed by atoms with Crippen LogP contribution in [-0.4, -0.2) is 30.9 Å². The van der Waals surface area contributed by atoms with Crippen LogP contribution in [0.5, 0.6) is 0 Å². The molecule has 30 heavy (non-hydrogen) atoms. The van der Waals surface area contributed by atoms with Crippen molar-refractivity contribution in [3.8, 4) is 0 Å². The molecule has 0 radical (unpaired) electrons. The lowest BCUT2D eigenvalue weighted by Crippen LogP contribution is -2.31. The van der Waals surface area contributed by atoms with Crippen molar-refractivity contribution in [1.29, 1.82) is 0 Å². The van der Waals surface area contributed by atoms with Gasteiger partial charge in [0.1, 0.15) is 6.54 Å². The van der Waals surface area contributed by atoms with Gasteiger partial charge in [0.05, 0.1) is 4.88 Å². The second-order valence-corrected chi connectivity index (χ2v) is 7.91. The molecular formula is C23H22N2O4S. The lowest BCUT2D eigenvalue weighted by Gasteiger charge is -2.11. The van der Waals surface area contributed by atoms with E-state index in [1.807, 2.05) is 61.5 Å². The van der Waals surface area contributed by atoms with Gasteiger partial charge in [0.2, 0.25) is 0 Å². The molecule has 0 spiro atoms. The van der Waals surface area contributed by atoms with E-state index in [1.54, 1.807) is 12.1 Å². The van der Waals surface area contributed by atoms with Crippen LogP contribution in [-0.2, 0) is 20.7 Å². The van der Waals surface area contributed by atoms with Crippen LogP contribution < -0.4 is 10.6 Å². The summed E-state index contributed by atoms with van der Waals surface area (Å²) in [4.78, 5) is 37.5. The first-order valence-corrected chi connectivity index (χ1v) is 10.2. The third-order valence-corrected chi connectivity index (χ3v) is 5.25. The standard InChI is InChI=1S/C23H22N2O4S/c1-16-11-12-20(30-16)23(28)24-14-22(27)29-15-21(26)25-19-10-6-5-9-18(19)13-17-7-3-2-4-8-17/h2-12H,13-15H2,1H3,(H,24,28)(H,25,26). The number of carbonyl (C=O) groups is 3. The number of anilines is 1. The Morgan fingerprint density at radius 3 is 2.40 bits per heavy atom. The number of nitrogens with one attached hydrogen (secondary N) is 2. The average Bonchev–Trinajstić information content (AvgIpc) is 3.19. The fraction of sp³-hybridized carbons (Fsp3) is 0.174. The van der Waals surface area contributed by atoms with Crippen LogP contribution in [0.25, 0.3) is 0 Å². The van der Waals surface area contributed by atoms with E-state index in [0.29, 0.717) is 17.0 Å². The molecule has 154 valence electrons. The topological polar surface area (TPSA) is 84.5 Å². The van der Waals surface area contributed by atoms with E-state index >= 15 is 0 Å². The zero-order valence-electron chi connectivity index (χ0n) is 16.5. The van der Waals surface area contributed by atoms with Crippen molar-refractivity contribution < 1.29 is 19.1 Å². The smallest absolute Gasteiger partial charge is 0.325 e. The number of amides is 2. The molecular weight excluding hydrogens is 400 g/mol. The molecule has 0 aliphatic carbocycles. The Labute approximate surface area is 178 Å². The first-order valence-electron chi connectivity index (χ1n) is 9.43. The van der Waals surface area contributed by atoms with Gasteiger partial charge in [-0.05, 0) is 42.7 Å². The van der Waals surface area contributed by atoms with Gasteiger partial charge in [-0.2, -0.15) is 0 Å². The molecule has 2 aromatic carbocycles. The van der Waals surface area contributed by atoms with Crippen LogP contribution in [0.15, 0.2) is 66.7 Å². The molecule has 2 N–H and O–H groups in total. The molecule has 0 fully saturated rings. The molecule has 3 rings (SSSR count). The van der Waals surface area contributed by atoms with Crippen LogP contribution >= 0.6 is 11.3 Å². The van der Waals surface area contributed by atoms with Crippen molar-refractivity contribution in [2.75, 3.05) is 18.5 Å². The molecule has 0 atom stereocenters. The number of thiophene rings is 1. The fourth-order valence-electron chi connectivity index (χ4n) is 2.79. The summed E-state index contributed by atoms with van der Waals surface area (Å²) in [6.45, 7) is 1.17. The molecule has 0 unspecified atom stereocenters. The second-order valence-electron chi connectivity index (χ2n) is 6.62. The van der Waals surface area contributed by atoms with Crippen LogP contribution in [0.4, 0.5) is 5.69 Å². The molecule has 0 aliphatic rings. The molecule has 1 aromatic heterocycles. The summed E-state index contributed by atoms with van der Waals surface area (Å²) in [5.41, 5.74) is 2.76. The van der Waals surface area contributed by atoms with E-state index in [9.17, 15) is 14.4 Å². The summed E-state index contributed by atoms with van der Waals surface area (Å²) in [7, 11) is 0. The van der Waals surface area contributed by atoms with Gasteiger partial charge in [0.15, 0.2) is 6.61 Å². The number of esters is 1. The first kappa shape index (κ1) is 21.3. The number of benzene rings is 2. The maximum Gasteiger partial charge on any atom is 0.325 e. The van der Waals surface area contributed by atoms with Crippen molar-refractivity contribution in [3.63, 3.8) is 0 Å². The Morgan fingerprint density at radius 1 is 0.933 bits per heavy atom. The zero-order valence-corrected chi connectivity index (χ0v) is 17.3. The average molecular weight is 423 g/mol. The van der Waals surface area contributed by atoms with Gasteiger partial charge < -0.3 is 15.4 Å². The number of para-hydroxylation sites is 1. The lowest BCUT2D eigenvalue weighted by molar-refractivity contribution is -0.146. The predicted octanol–water partition coefficient (Wildman–Crippen LogP) is 3.56. The summed E-state index contributed by atoms with van der Waals surface area (Å²) in [6, 6.07) is 20.9. The molecule has 2 amide bonds. The predicted molar refractivity (Wildman–Crippen MR) is 117 cm³/mol.